The van der Waals surface area contributed by atoms with E-state index in [2.05, 4.69) is 10.6 Å². The number of hydrogen-bond acceptors (Lipinski definition) is 3. The van der Waals surface area contributed by atoms with Gasteiger partial charge in [-0.05, 0) is 19.8 Å². The maximum atomic E-state index is 11.5. The molecule has 0 aliphatic heterocycles. The molecule has 0 aliphatic carbocycles. The topological polar surface area (TPSA) is 98.7 Å². The Morgan fingerprint density at radius 1 is 1.29 bits per heavy atom. The Labute approximate surface area is 101 Å². The van der Waals surface area contributed by atoms with E-state index in [-0.39, 0.29) is 24.5 Å². The summed E-state index contributed by atoms with van der Waals surface area (Å²) in [5.41, 5.74) is -0.254. The van der Waals surface area contributed by atoms with Gasteiger partial charge in [0.2, 0.25) is 0 Å². The van der Waals surface area contributed by atoms with Crippen molar-refractivity contribution in [3.05, 3.63) is 0 Å². The Hall–Kier alpha value is -1.30. The first-order chi connectivity index (χ1) is 7.84. The molecule has 0 bridgehead atoms. The van der Waals surface area contributed by atoms with Gasteiger partial charge in [0.25, 0.3) is 0 Å². The first-order valence-corrected chi connectivity index (χ1v) is 5.81. The molecular weight excluding hydrogens is 224 g/mol. The fraction of sp³-hybridized carbons (Fsp3) is 0.818. The summed E-state index contributed by atoms with van der Waals surface area (Å²) in [5, 5.41) is 22.8. The monoisotopic (exact) mass is 246 g/mol. The van der Waals surface area contributed by atoms with Crippen LogP contribution in [0.2, 0.25) is 0 Å². The molecule has 100 valence electrons. The lowest BCUT2D eigenvalue weighted by Gasteiger charge is -2.28. The van der Waals surface area contributed by atoms with E-state index in [1.165, 1.54) is 0 Å². The molecule has 0 radical (unpaired) electrons. The summed E-state index contributed by atoms with van der Waals surface area (Å²) in [5.74, 6) is -1.28. The summed E-state index contributed by atoms with van der Waals surface area (Å²) in [6, 6.07) is -0.339. The number of urea groups is 1. The average molecular weight is 246 g/mol. The van der Waals surface area contributed by atoms with Gasteiger partial charge in [0.15, 0.2) is 6.10 Å². The molecule has 0 heterocycles. The SMILES string of the molecule is CCC(C)(CC)NC(=O)NCCC(O)C(=O)O. The molecule has 0 aromatic heterocycles. The van der Waals surface area contributed by atoms with Crippen LogP contribution in [0.3, 0.4) is 0 Å². The minimum absolute atomic E-state index is 0.00226. The predicted molar refractivity (Wildman–Crippen MR) is 63.8 cm³/mol. The van der Waals surface area contributed by atoms with Gasteiger partial charge >= 0.3 is 12.0 Å². The highest BCUT2D eigenvalue weighted by molar-refractivity contribution is 5.75. The number of nitrogens with one attached hydrogen (secondary N) is 2. The average Bonchev–Trinajstić information content (AvgIpc) is 2.28. The third kappa shape index (κ3) is 6.11. The zero-order valence-electron chi connectivity index (χ0n) is 10.6. The van der Waals surface area contributed by atoms with Crippen LogP contribution in [-0.2, 0) is 4.79 Å². The minimum Gasteiger partial charge on any atom is -0.479 e. The number of hydrogen-bond donors (Lipinski definition) is 4. The van der Waals surface area contributed by atoms with Gasteiger partial charge in [0.05, 0.1) is 0 Å². The number of carbonyl (C=O) groups is 2. The largest absolute Gasteiger partial charge is 0.479 e. The molecule has 0 aromatic rings. The fourth-order valence-corrected chi connectivity index (χ4v) is 1.19. The lowest BCUT2D eigenvalue weighted by molar-refractivity contribution is -0.146. The van der Waals surface area contributed by atoms with Crippen molar-refractivity contribution in [1.29, 1.82) is 0 Å². The molecule has 6 nitrogen and oxygen atoms in total. The molecule has 0 aromatic carbocycles. The van der Waals surface area contributed by atoms with Crippen molar-refractivity contribution in [2.75, 3.05) is 6.54 Å². The van der Waals surface area contributed by atoms with E-state index >= 15 is 0 Å². The maximum absolute atomic E-state index is 11.5. The molecule has 0 aliphatic rings. The number of aliphatic hydroxyl groups is 1. The number of carbonyl (C=O) groups excluding carboxylic acids is 1. The van der Waals surface area contributed by atoms with Crippen LogP contribution in [0.1, 0.15) is 40.0 Å². The predicted octanol–water partition coefficient (Wildman–Crippen LogP) is 0.700. The van der Waals surface area contributed by atoms with Gasteiger partial charge in [-0.25, -0.2) is 9.59 Å². The minimum atomic E-state index is -1.43. The van der Waals surface area contributed by atoms with Crippen LogP contribution in [-0.4, -0.2) is 40.4 Å². The quantitative estimate of drug-likeness (QED) is 0.531. The molecule has 0 fully saturated rings. The van der Waals surface area contributed by atoms with Crippen molar-refractivity contribution in [2.45, 2.75) is 51.7 Å². The van der Waals surface area contributed by atoms with Crippen molar-refractivity contribution in [2.24, 2.45) is 0 Å². The van der Waals surface area contributed by atoms with Crippen LogP contribution in [0, 0.1) is 0 Å². The lowest BCUT2D eigenvalue weighted by Crippen LogP contribution is -2.50. The van der Waals surface area contributed by atoms with Crippen LogP contribution in [0.15, 0.2) is 0 Å². The highest BCUT2D eigenvalue weighted by Crippen LogP contribution is 2.12. The first-order valence-electron chi connectivity index (χ1n) is 5.81. The molecule has 0 rings (SSSR count). The highest BCUT2D eigenvalue weighted by atomic mass is 16.4. The Bertz CT molecular complexity index is 264. The smallest absolute Gasteiger partial charge is 0.332 e. The Morgan fingerprint density at radius 3 is 2.24 bits per heavy atom. The number of carboxylic acids is 1. The molecule has 1 atom stereocenters. The van der Waals surface area contributed by atoms with Gasteiger partial charge in [-0.2, -0.15) is 0 Å². The Balaban J connectivity index is 3.92. The van der Waals surface area contributed by atoms with E-state index < -0.39 is 12.1 Å². The van der Waals surface area contributed by atoms with Crippen molar-refractivity contribution >= 4 is 12.0 Å². The fourth-order valence-electron chi connectivity index (χ4n) is 1.19. The molecule has 0 saturated carbocycles. The standard InChI is InChI=1S/C11H22N2O4/c1-4-11(3,5-2)13-10(17)12-7-6-8(14)9(15)16/h8,14H,4-7H2,1-3H3,(H,15,16)(H2,12,13,17). The Kier molecular flexibility index (Phi) is 6.57. The second-order valence-electron chi connectivity index (χ2n) is 4.29. The molecule has 0 saturated heterocycles. The van der Waals surface area contributed by atoms with Crippen LogP contribution < -0.4 is 10.6 Å². The van der Waals surface area contributed by atoms with Crippen LogP contribution in [0.25, 0.3) is 0 Å². The summed E-state index contributed by atoms with van der Waals surface area (Å²) in [4.78, 5) is 21.8. The molecular formula is C11H22N2O4. The van der Waals surface area contributed by atoms with E-state index in [4.69, 9.17) is 10.2 Å². The van der Waals surface area contributed by atoms with E-state index in [1.54, 1.807) is 0 Å². The molecule has 17 heavy (non-hydrogen) atoms. The van der Waals surface area contributed by atoms with Crippen LogP contribution >= 0.6 is 0 Å². The third-order valence-electron chi connectivity index (χ3n) is 2.96. The zero-order valence-corrected chi connectivity index (χ0v) is 10.6. The summed E-state index contributed by atoms with van der Waals surface area (Å²) >= 11 is 0. The molecule has 6 heteroatoms. The number of amides is 2. The summed E-state index contributed by atoms with van der Waals surface area (Å²) in [6.07, 6.45) is 0.195. The third-order valence-corrected chi connectivity index (χ3v) is 2.96. The summed E-state index contributed by atoms with van der Waals surface area (Å²) in [6.45, 7) is 6.04. The van der Waals surface area contributed by atoms with Crippen molar-refractivity contribution in [3.63, 3.8) is 0 Å². The van der Waals surface area contributed by atoms with E-state index in [0.717, 1.165) is 12.8 Å². The normalized spacial score (nSPS) is 12.9. The van der Waals surface area contributed by atoms with Crippen molar-refractivity contribution in [3.8, 4) is 0 Å². The molecule has 2 amide bonds. The second-order valence-corrected chi connectivity index (χ2v) is 4.29. The highest BCUT2D eigenvalue weighted by Gasteiger charge is 2.21. The van der Waals surface area contributed by atoms with Gasteiger partial charge in [0, 0.05) is 18.5 Å². The van der Waals surface area contributed by atoms with E-state index in [9.17, 15) is 9.59 Å². The van der Waals surface area contributed by atoms with Gasteiger partial charge in [-0.15, -0.1) is 0 Å². The van der Waals surface area contributed by atoms with Crippen LogP contribution in [0.5, 0.6) is 0 Å². The number of aliphatic carboxylic acids is 1. The number of carboxylic acid groups (broad SMARTS) is 1. The number of rotatable bonds is 7. The zero-order chi connectivity index (χ0) is 13.5. The van der Waals surface area contributed by atoms with Crippen molar-refractivity contribution < 1.29 is 19.8 Å². The van der Waals surface area contributed by atoms with Gasteiger partial charge in [0.1, 0.15) is 0 Å². The molecule has 0 spiro atoms. The Morgan fingerprint density at radius 2 is 1.82 bits per heavy atom. The van der Waals surface area contributed by atoms with Gasteiger partial charge in [-0.3, -0.25) is 0 Å². The van der Waals surface area contributed by atoms with E-state index in [1.807, 2.05) is 20.8 Å². The first kappa shape index (κ1) is 15.7. The molecule has 4 N–H and O–H groups in total. The van der Waals surface area contributed by atoms with Gasteiger partial charge in [-0.1, -0.05) is 13.8 Å². The van der Waals surface area contributed by atoms with Crippen LogP contribution in [0.4, 0.5) is 4.79 Å². The maximum Gasteiger partial charge on any atom is 0.332 e. The van der Waals surface area contributed by atoms with Crippen molar-refractivity contribution in [1.82, 2.24) is 10.6 Å². The molecule has 1 unspecified atom stereocenters. The van der Waals surface area contributed by atoms with E-state index in [0.29, 0.717) is 0 Å². The summed E-state index contributed by atoms with van der Waals surface area (Å²) in [7, 11) is 0. The number of aliphatic hydroxyl groups excluding tert-OH is 1. The lowest BCUT2D eigenvalue weighted by atomic mass is 9.96. The second kappa shape index (κ2) is 7.11. The summed E-state index contributed by atoms with van der Waals surface area (Å²) < 4.78 is 0. The van der Waals surface area contributed by atoms with Gasteiger partial charge < -0.3 is 20.8 Å².